The second kappa shape index (κ2) is 7.12. The highest BCUT2D eigenvalue weighted by atomic mass is 16.4. The quantitative estimate of drug-likeness (QED) is 0.917. The van der Waals surface area contributed by atoms with E-state index in [0.29, 0.717) is 18.8 Å². The van der Waals surface area contributed by atoms with Crippen LogP contribution in [0.4, 0.5) is 0 Å². The molecule has 134 valence electrons. The number of rotatable bonds is 3. The lowest BCUT2D eigenvalue weighted by Gasteiger charge is -2.26. The van der Waals surface area contributed by atoms with Crippen LogP contribution < -0.4 is 0 Å². The number of hydrogen-bond donors (Lipinski definition) is 1. The number of amides is 1. The summed E-state index contributed by atoms with van der Waals surface area (Å²) >= 11 is 0. The van der Waals surface area contributed by atoms with E-state index < -0.39 is 5.97 Å². The van der Waals surface area contributed by atoms with Gasteiger partial charge in [-0.1, -0.05) is 35.4 Å². The van der Waals surface area contributed by atoms with Crippen molar-refractivity contribution in [3.8, 4) is 0 Å². The average Bonchev–Trinajstić information content (AvgIpc) is 2.60. The van der Waals surface area contributed by atoms with Gasteiger partial charge in [0.15, 0.2) is 0 Å². The fourth-order valence-corrected chi connectivity index (χ4v) is 3.34. The van der Waals surface area contributed by atoms with Crippen molar-refractivity contribution >= 4 is 17.4 Å². The first kappa shape index (κ1) is 17.9. The molecule has 26 heavy (non-hydrogen) atoms. The molecule has 0 bridgehead atoms. The van der Waals surface area contributed by atoms with Gasteiger partial charge in [0.2, 0.25) is 0 Å². The van der Waals surface area contributed by atoms with E-state index in [0.717, 1.165) is 6.42 Å². The van der Waals surface area contributed by atoms with Crippen molar-refractivity contribution < 1.29 is 14.7 Å². The van der Waals surface area contributed by atoms with Crippen molar-refractivity contribution in [3.63, 3.8) is 0 Å². The molecule has 1 aliphatic rings. The lowest BCUT2D eigenvalue weighted by Crippen LogP contribution is -2.35. The monoisotopic (exact) mass is 350 g/mol. The van der Waals surface area contributed by atoms with Crippen LogP contribution in [0.5, 0.6) is 0 Å². The van der Waals surface area contributed by atoms with Crippen molar-refractivity contribution in [1.29, 1.82) is 0 Å². The molecule has 0 unspecified atom stereocenters. The van der Waals surface area contributed by atoms with Gasteiger partial charge in [-0.05, 0) is 50.5 Å². The molecule has 1 aromatic heterocycles. The van der Waals surface area contributed by atoms with Crippen LogP contribution in [0.15, 0.2) is 36.4 Å². The van der Waals surface area contributed by atoms with Gasteiger partial charge in [-0.15, -0.1) is 0 Å². The van der Waals surface area contributed by atoms with E-state index >= 15 is 0 Å². The Morgan fingerprint density at radius 3 is 2.31 bits per heavy atom. The fourth-order valence-electron chi connectivity index (χ4n) is 3.34. The van der Waals surface area contributed by atoms with Crippen LogP contribution in [0, 0.1) is 20.8 Å². The van der Waals surface area contributed by atoms with Gasteiger partial charge >= 0.3 is 5.97 Å². The highest BCUT2D eigenvalue weighted by Crippen LogP contribution is 2.25. The first-order chi connectivity index (χ1) is 12.3. The smallest absolute Gasteiger partial charge is 0.337 e. The van der Waals surface area contributed by atoms with E-state index in [1.165, 1.54) is 34.4 Å². The molecule has 1 aliphatic heterocycles. The third kappa shape index (κ3) is 3.67. The van der Waals surface area contributed by atoms with E-state index in [4.69, 9.17) is 5.11 Å². The summed E-state index contributed by atoms with van der Waals surface area (Å²) in [6, 6.07) is 9.43. The summed E-state index contributed by atoms with van der Waals surface area (Å²) in [6.07, 6.45) is 2.88. The molecule has 0 aliphatic carbocycles. The molecule has 0 saturated heterocycles. The predicted molar refractivity (Wildman–Crippen MR) is 100 cm³/mol. The Balaban J connectivity index is 1.76. The van der Waals surface area contributed by atoms with Crippen LogP contribution in [-0.2, 0) is 0 Å². The minimum Gasteiger partial charge on any atom is -0.478 e. The Bertz CT molecular complexity index is 895. The Morgan fingerprint density at radius 2 is 1.77 bits per heavy atom. The lowest BCUT2D eigenvalue weighted by atomic mass is 9.96. The molecule has 0 fully saturated rings. The zero-order valence-electron chi connectivity index (χ0n) is 15.2. The molecule has 1 amide bonds. The molecule has 2 heterocycles. The Labute approximate surface area is 153 Å². The first-order valence-corrected chi connectivity index (χ1v) is 8.63. The average molecular weight is 350 g/mol. The molecular formula is C21H22N2O3. The van der Waals surface area contributed by atoms with Gasteiger partial charge in [0.25, 0.3) is 5.91 Å². The maximum absolute atomic E-state index is 12.7. The largest absolute Gasteiger partial charge is 0.478 e. The van der Waals surface area contributed by atoms with Crippen molar-refractivity contribution in [3.05, 3.63) is 70.0 Å². The predicted octanol–water partition coefficient (Wildman–Crippen LogP) is 3.63. The summed E-state index contributed by atoms with van der Waals surface area (Å²) < 4.78 is 0. The number of carbonyl (C=O) groups excluding carboxylic acids is 1. The second-order valence-corrected chi connectivity index (χ2v) is 6.74. The first-order valence-electron chi connectivity index (χ1n) is 8.63. The minimum absolute atomic E-state index is 0.122. The third-order valence-electron chi connectivity index (χ3n) is 4.62. The normalized spacial score (nSPS) is 14.1. The molecule has 1 N–H and O–H groups in total. The minimum atomic E-state index is -1.03. The summed E-state index contributed by atoms with van der Waals surface area (Å²) in [5, 5.41) is 9.08. The van der Waals surface area contributed by atoms with Crippen molar-refractivity contribution in [1.82, 2.24) is 9.88 Å². The highest BCUT2D eigenvalue weighted by Gasteiger charge is 2.21. The molecule has 0 saturated carbocycles. The molecule has 3 rings (SSSR count). The number of pyridine rings is 1. The van der Waals surface area contributed by atoms with Gasteiger partial charge in [0, 0.05) is 13.1 Å². The van der Waals surface area contributed by atoms with Crippen molar-refractivity contribution in [2.75, 3.05) is 13.1 Å². The van der Waals surface area contributed by atoms with Gasteiger partial charge in [-0.3, -0.25) is 4.79 Å². The maximum Gasteiger partial charge on any atom is 0.337 e. The second-order valence-electron chi connectivity index (χ2n) is 6.74. The molecule has 5 heteroatoms. The molecule has 5 nitrogen and oxygen atoms in total. The Kier molecular flexibility index (Phi) is 4.89. The van der Waals surface area contributed by atoms with E-state index in [2.05, 4.69) is 43.1 Å². The number of hydrogen-bond acceptors (Lipinski definition) is 3. The molecule has 0 spiro atoms. The zero-order chi connectivity index (χ0) is 18.8. The highest BCUT2D eigenvalue weighted by molar-refractivity contribution is 5.95. The van der Waals surface area contributed by atoms with Crippen LogP contribution in [0.2, 0.25) is 0 Å². The lowest BCUT2D eigenvalue weighted by molar-refractivity contribution is 0.0692. The molecular weight excluding hydrogens is 328 g/mol. The number of aryl methyl sites for hydroxylation is 3. The Morgan fingerprint density at radius 1 is 1.08 bits per heavy atom. The summed E-state index contributed by atoms with van der Waals surface area (Å²) in [5.41, 5.74) is 5.70. The standard InChI is InChI=1S/C21H22N2O3/c1-13-10-14(2)12-17(11-13)16-6-8-23(9-7-16)20(24)19-5-4-18(21(25)26)15(3)22-19/h4-6,10-12H,7-9H2,1-3H3,(H,25,26). The molecule has 0 atom stereocenters. The van der Waals surface area contributed by atoms with Gasteiger partial charge in [0.1, 0.15) is 5.69 Å². The van der Waals surface area contributed by atoms with Crippen LogP contribution in [-0.4, -0.2) is 40.0 Å². The summed E-state index contributed by atoms with van der Waals surface area (Å²) in [5.74, 6) is -1.20. The molecule has 0 radical (unpaired) electrons. The number of carbonyl (C=O) groups is 2. The zero-order valence-corrected chi connectivity index (χ0v) is 15.2. The number of benzene rings is 1. The summed E-state index contributed by atoms with van der Waals surface area (Å²) in [7, 11) is 0. The molecule has 1 aromatic carbocycles. The van der Waals surface area contributed by atoms with E-state index in [-0.39, 0.29) is 17.2 Å². The Hall–Kier alpha value is -2.95. The van der Waals surface area contributed by atoms with Crippen molar-refractivity contribution in [2.45, 2.75) is 27.2 Å². The van der Waals surface area contributed by atoms with Crippen LogP contribution in [0.1, 0.15) is 49.7 Å². The van der Waals surface area contributed by atoms with Gasteiger partial charge in [0.05, 0.1) is 11.3 Å². The van der Waals surface area contributed by atoms with Gasteiger partial charge < -0.3 is 10.0 Å². The summed E-state index contributed by atoms with van der Waals surface area (Å²) in [6.45, 7) is 6.94. The fraction of sp³-hybridized carbons (Fsp3) is 0.286. The van der Waals surface area contributed by atoms with Gasteiger partial charge in [-0.2, -0.15) is 0 Å². The topological polar surface area (TPSA) is 70.5 Å². The van der Waals surface area contributed by atoms with Crippen LogP contribution in [0.3, 0.4) is 0 Å². The molecule has 2 aromatic rings. The number of carboxylic acid groups (broad SMARTS) is 1. The number of nitrogens with zero attached hydrogens (tertiary/aromatic N) is 2. The van der Waals surface area contributed by atoms with Crippen LogP contribution in [0.25, 0.3) is 5.57 Å². The van der Waals surface area contributed by atoms with Gasteiger partial charge in [-0.25, -0.2) is 9.78 Å². The van der Waals surface area contributed by atoms with E-state index in [1.807, 2.05) is 0 Å². The van der Waals surface area contributed by atoms with E-state index in [1.54, 1.807) is 11.8 Å². The van der Waals surface area contributed by atoms with Crippen molar-refractivity contribution in [2.24, 2.45) is 0 Å². The number of carboxylic acids is 1. The maximum atomic E-state index is 12.7. The number of aromatic carboxylic acids is 1. The number of aromatic nitrogens is 1. The third-order valence-corrected chi connectivity index (χ3v) is 4.62. The summed E-state index contributed by atoms with van der Waals surface area (Å²) in [4.78, 5) is 29.7. The van der Waals surface area contributed by atoms with Crippen LogP contribution >= 0.6 is 0 Å². The SMILES string of the molecule is Cc1cc(C)cc(C2=CCN(C(=O)c3ccc(C(=O)O)c(C)n3)CC2)c1. The van der Waals surface area contributed by atoms with E-state index in [9.17, 15) is 9.59 Å².